The molecule has 1 N–H and O–H groups in total. The molecule has 1 atom stereocenters. The number of rotatable bonds is 11. The van der Waals surface area contributed by atoms with Gasteiger partial charge in [-0.25, -0.2) is 0 Å². The summed E-state index contributed by atoms with van der Waals surface area (Å²) < 4.78 is 59.0. The lowest BCUT2D eigenvalue weighted by atomic mass is 9.71. The molecule has 1 unspecified atom stereocenters. The Bertz CT molecular complexity index is 1230. The van der Waals surface area contributed by atoms with Crippen LogP contribution in [0.5, 0.6) is 23.0 Å². The average Bonchev–Trinajstić information content (AvgIpc) is 2.96. The van der Waals surface area contributed by atoms with Crippen LogP contribution in [0.15, 0.2) is 66.7 Å². The summed E-state index contributed by atoms with van der Waals surface area (Å²) in [4.78, 5) is 2.34. The van der Waals surface area contributed by atoms with Gasteiger partial charge >= 0.3 is 6.36 Å². The Balaban J connectivity index is 1.57. The highest BCUT2D eigenvalue weighted by Crippen LogP contribution is 2.46. The zero-order chi connectivity index (χ0) is 28.8. The maximum absolute atomic E-state index is 12.8. The molecule has 6 nitrogen and oxygen atoms in total. The highest BCUT2D eigenvalue weighted by Gasteiger charge is 2.44. The largest absolute Gasteiger partial charge is 0.573 e. The third-order valence-electron chi connectivity index (χ3n) is 7.33. The predicted molar refractivity (Wildman–Crippen MR) is 146 cm³/mol. The van der Waals surface area contributed by atoms with Gasteiger partial charge in [0.2, 0.25) is 0 Å². The molecule has 0 aliphatic carbocycles. The summed E-state index contributed by atoms with van der Waals surface area (Å²) in [5.41, 5.74) is 0.654. The van der Waals surface area contributed by atoms with E-state index in [9.17, 15) is 18.3 Å². The van der Waals surface area contributed by atoms with Crippen LogP contribution < -0.4 is 18.9 Å². The lowest BCUT2D eigenvalue weighted by Crippen LogP contribution is -2.44. The summed E-state index contributed by atoms with van der Waals surface area (Å²) in [6.07, 6.45) is -2.50. The molecule has 1 fully saturated rings. The Labute approximate surface area is 233 Å². The second kappa shape index (κ2) is 12.8. The summed E-state index contributed by atoms with van der Waals surface area (Å²) in [7, 11) is 3.06. The number of piperidine rings is 1. The fourth-order valence-electron chi connectivity index (χ4n) is 5.31. The van der Waals surface area contributed by atoms with Crippen molar-refractivity contribution in [1.29, 1.82) is 0 Å². The first-order chi connectivity index (χ1) is 19.2. The van der Waals surface area contributed by atoms with Crippen LogP contribution in [-0.4, -0.2) is 50.3 Å². The first-order valence-electron chi connectivity index (χ1n) is 13.4. The number of benzene rings is 3. The predicted octanol–water partition coefficient (Wildman–Crippen LogP) is 6.54. The Hall–Kier alpha value is -3.43. The number of likely N-dealkylation sites (tertiary alicyclic amines) is 1. The third-order valence-corrected chi connectivity index (χ3v) is 7.33. The van der Waals surface area contributed by atoms with Crippen molar-refractivity contribution >= 4 is 0 Å². The van der Waals surface area contributed by atoms with Crippen LogP contribution in [0.2, 0.25) is 0 Å². The molecule has 1 aliphatic rings. The maximum atomic E-state index is 12.8. The zero-order valence-electron chi connectivity index (χ0n) is 23.0. The standard InChI is InChI=1S/C31H36F3NO5/c1-4-19-39-25-9-5-22(6-10-25)21-35-17-15-24(16-18-35)30(36,28-14-13-27(37-2)20-29(28)38-3)23-7-11-26(12-8-23)40-31(32,33)34/h5-14,20,24,36H,4,15-19,21H2,1-3H3. The van der Waals surface area contributed by atoms with Gasteiger partial charge in [0.25, 0.3) is 0 Å². The summed E-state index contributed by atoms with van der Waals surface area (Å²) in [6, 6.07) is 18.7. The SMILES string of the molecule is CCCOc1ccc(CN2CCC(C(O)(c3ccc(OC(F)(F)F)cc3)c3ccc(OC)cc3OC)CC2)cc1. The van der Waals surface area contributed by atoms with Gasteiger partial charge in [-0.05, 0) is 85.8 Å². The lowest BCUT2D eigenvalue weighted by Gasteiger charge is -2.42. The Morgan fingerprint density at radius 2 is 1.48 bits per heavy atom. The zero-order valence-corrected chi connectivity index (χ0v) is 23.0. The van der Waals surface area contributed by atoms with E-state index in [1.807, 2.05) is 12.1 Å². The van der Waals surface area contributed by atoms with Crippen molar-refractivity contribution in [3.63, 3.8) is 0 Å². The fraction of sp³-hybridized carbons (Fsp3) is 0.419. The monoisotopic (exact) mass is 559 g/mol. The molecule has 4 rings (SSSR count). The normalized spacial score (nSPS) is 16.3. The van der Waals surface area contributed by atoms with Crippen molar-refractivity contribution in [1.82, 2.24) is 4.90 Å². The Morgan fingerprint density at radius 1 is 0.850 bits per heavy atom. The van der Waals surface area contributed by atoms with Crippen molar-refractivity contribution < 1.29 is 37.2 Å². The van der Waals surface area contributed by atoms with Crippen molar-refractivity contribution in [2.24, 2.45) is 5.92 Å². The molecule has 3 aromatic carbocycles. The molecule has 0 saturated carbocycles. The van der Waals surface area contributed by atoms with Gasteiger partial charge in [-0.2, -0.15) is 0 Å². The number of hydrogen-bond donors (Lipinski definition) is 1. The summed E-state index contributed by atoms with van der Waals surface area (Å²) >= 11 is 0. The number of ether oxygens (including phenoxy) is 4. The highest BCUT2D eigenvalue weighted by molar-refractivity contribution is 5.50. The van der Waals surface area contributed by atoms with Crippen LogP contribution in [0.1, 0.15) is 42.9 Å². The molecule has 1 saturated heterocycles. The van der Waals surface area contributed by atoms with Crippen LogP contribution in [0, 0.1) is 5.92 Å². The molecule has 9 heteroatoms. The Morgan fingerprint density at radius 3 is 2.05 bits per heavy atom. The van der Waals surface area contributed by atoms with E-state index in [1.165, 1.54) is 36.9 Å². The van der Waals surface area contributed by atoms with E-state index in [4.69, 9.17) is 14.2 Å². The topological polar surface area (TPSA) is 60.4 Å². The molecular formula is C31H36F3NO5. The van der Waals surface area contributed by atoms with Crippen molar-refractivity contribution in [3.05, 3.63) is 83.4 Å². The Kier molecular flexibility index (Phi) is 9.48. The highest BCUT2D eigenvalue weighted by atomic mass is 19.4. The first kappa shape index (κ1) is 29.6. The molecule has 216 valence electrons. The lowest BCUT2D eigenvalue weighted by molar-refractivity contribution is -0.274. The molecule has 1 heterocycles. The van der Waals surface area contributed by atoms with Gasteiger partial charge in [-0.3, -0.25) is 4.90 Å². The third kappa shape index (κ3) is 7.01. The van der Waals surface area contributed by atoms with E-state index < -0.39 is 12.0 Å². The van der Waals surface area contributed by atoms with Gasteiger partial charge in [0.1, 0.15) is 28.6 Å². The second-order valence-corrected chi connectivity index (χ2v) is 9.95. The van der Waals surface area contributed by atoms with E-state index in [1.54, 1.807) is 25.3 Å². The van der Waals surface area contributed by atoms with Crippen LogP contribution in [0.3, 0.4) is 0 Å². The van der Waals surface area contributed by atoms with Gasteiger partial charge in [-0.15, -0.1) is 13.2 Å². The van der Waals surface area contributed by atoms with Gasteiger partial charge < -0.3 is 24.1 Å². The molecule has 0 amide bonds. The fourth-order valence-corrected chi connectivity index (χ4v) is 5.31. The smallest absolute Gasteiger partial charge is 0.497 e. The number of nitrogens with zero attached hydrogens (tertiary/aromatic N) is 1. The summed E-state index contributed by atoms with van der Waals surface area (Å²) in [5, 5.41) is 12.4. The van der Waals surface area contributed by atoms with Crippen LogP contribution in [0.25, 0.3) is 0 Å². The molecule has 3 aromatic rings. The molecule has 0 spiro atoms. The number of methoxy groups -OCH3 is 2. The van der Waals surface area contributed by atoms with Crippen molar-refractivity contribution in [2.75, 3.05) is 33.9 Å². The number of aliphatic hydroxyl groups is 1. The van der Waals surface area contributed by atoms with Crippen LogP contribution in [-0.2, 0) is 12.1 Å². The second-order valence-electron chi connectivity index (χ2n) is 9.95. The van der Waals surface area contributed by atoms with E-state index >= 15 is 0 Å². The van der Waals surface area contributed by atoms with Gasteiger partial charge in [0.05, 0.1) is 20.8 Å². The van der Waals surface area contributed by atoms with E-state index in [0.29, 0.717) is 42.1 Å². The average molecular weight is 560 g/mol. The molecule has 0 radical (unpaired) electrons. The quantitative estimate of drug-likeness (QED) is 0.288. The van der Waals surface area contributed by atoms with Crippen molar-refractivity contribution in [2.45, 2.75) is 44.7 Å². The molecule has 0 bridgehead atoms. The van der Waals surface area contributed by atoms with Crippen molar-refractivity contribution in [3.8, 4) is 23.0 Å². The molecule has 0 aromatic heterocycles. The number of halogens is 3. The van der Waals surface area contributed by atoms with Crippen LogP contribution in [0.4, 0.5) is 13.2 Å². The minimum Gasteiger partial charge on any atom is -0.497 e. The van der Waals surface area contributed by atoms with E-state index in [-0.39, 0.29) is 11.7 Å². The van der Waals surface area contributed by atoms with Gasteiger partial charge in [0.15, 0.2) is 0 Å². The van der Waals surface area contributed by atoms with Crippen LogP contribution >= 0.6 is 0 Å². The first-order valence-corrected chi connectivity index (χ1v) is 13.4. The minimum atomic E-state index is -4.80. The van der Waals surface area contributed by atoms with E-state index in [0.717, 1.165) is 31.8 Å². The van der Waals surface area contributed by atoms with Gasteiger partial charge in [0, 0.05) is 18.2 Å². The summed E-state index contributed by atoms with van der Waals surface area (Å²) in [5.74, 6) is 1.30. The number of hydrogen-bond acceptors (Lipinski definition) is 6. The molecule has 40 heavy (non-hydrogen) atoms. The maximum Gasteiger partial charge on any atom is 0.573 e. The summed E-state index contributed by atoms with van der Waals surface area (Å²) in [6.45, 7) is 5.02. The number of alkyl halides is 3. The minimum absolute atomic E-state index is 0.217. The molecule has 1 aliphatic heterocycles. The van der Waals surface area contributed by atoms with E-state index in [2.05, 4.69) is 28.7 Å². The van der Waals surface area contributed by atoms with Gasteiger partial charge in [-0.1, -0.05) is 31.2 Å². The molecular weight excluding hydrogens is 523 g/mol.